The molecule has 0 saturated heterocycles. The highest BCUT2D eigenvalue weighted by Crippen LogP contribution is 2.35. The van der Waals surface area contributed by atoms with Gasteiger partial charge in [0.05, 0.1) is 6.42 Å². The molecule has 1 atom stereocenters. The van der Waals surface area contributed by atoms with Crippen molar-refractivity contribution < 1.29 is 9.90 Å². The van der Waals surface area contributed by atoms with Crippen LogP contribution in [0.25, 0.3) is 0 Å². The molecule has 0 saturated carbocycles. The third kappa shape index (κ3) is 2.03. The van der Waals surface area contributed by atoms with Crippen LogP contribution in [0.1, 0.15) is 43.2 Å². The molecule has 0 spiro atoms. The first-order valence-electron chi connectivity index (χ1n) is 5.67. The van der Waals surface area contributed by atoms with E-state index in [1.165, 1.54) is 5.56 Å². The van der Waals surface area contributed by atoms with E-state index < -0.39 is 5.97 Å². The Morgan fingerprint density at radius 1 is 1.56 bits per heavy atom. The maximum Gasteiger partial charge on any atom is 0.304 e. The summed E-state index contributed by atoms with van der Waals surface area (Å²) in [5.41, 5.74) is 3.53. The third-order valence-electron chi connectivity index (χ3n) is 3.14. The van der Waals surface area contributed by atoms with Gasteiger partial charge in [0.25, 0.3) is 0 Å². The fraction of sp³-hybridized carbons (Fsp3) is 0.462. The van der Waals surface area contributed by atoms with Crippen molar-refractivity contribution in [1.29, 1.82) is 0 Å². The van der Waals surface area contributed by atoms with Gasteiger partial charge in [0.15, 0.2) is 0 Å². The molecule has 0 amide bonds. The number of carbonyl (C=O) groups is 1. The van der Waals surface area contributed by atoms with Crippen molar-refractivity contribution in [3.8, 4) is 0 Å². The highest BCUT2D eigenvalue weighted by atomic mass is 16.4. The van der Waals surface area contributed by atoms with Crippen molar-refractivity contribution in [2.45, 2.75) is 32.1 Å². The van der Waals surface area contributed by atoms with E-state index >= 15 is 0 Å². The average molecular weight is 219 g/mol. The predicted molar refractivity (Wildman–Crippen MR) is 64.0 cm³/mol. The number of hydrogen-bond acceptors (Lipinski definition) is 2. The molecular weight excluding hydrogens is 202 g/mol. The number of carboxylic acids is 1. The fourth-order valence-electron chi connectivity index (χ4n) is 2.18. The summed E-state index contributed by atoms with van der Waals surface area (Å²) in [6, 6.07) is 6.32. The fourth-order valence-corrected chi connectivity index (χ4v) is 2.18. The Kier molecular flexibility index (Phi) is 2.86. The Balaban J connectivity index is 2.29. The van der Waals surface area contributed by atoms with Crippen molar-refractivity contribution >= 4 is 11.7 Å². The number of anilines is 1. The molecule has 1 unspecified atom stereocenters. The molecule has 1 aromatic carbocycles. The summed E-state index contributed by atoms with van der Waals surface area (Å²) in [5, 5.41) is 12.1. The Labute approximate surface area is 95.5 Å². The molecule has 0 aromatic heterocycles. The van der Waals surface area contributed by atoms with Crippen LogP contribution in [0.3, 0.4) is 0 Å². The molecule has 0 fully saturated rings. The number of hydrogen-bond donors (Lipinski definition) is 2. The lowest BCUT2D eigenvalue weighted by molar-refractivity contribution is -0.137. The Hall–Kier alpha value is -1.51. The van der Waals surface area contributed by atoms with Crippen LogP contribution in [0.15, 0.2) is 18.2 Å². The summed E-state index contributed by atoms with van der Waals surface area (Å²) in [5.74, 6) is -0.128. The molecule has 1 aliphatic rings. The minimum absolute atomic E-state index is 0.117. The Morgan fingerprint density at radius 3 is 2.94 bits per heavy atom. The lowest BCUT2D eigenvalue weighted by Crippen LogP contribution is -2.08. The first-order chi connectivity index (χ1) is 7.58. The van der Waals surface area contributed by atoms with E-state index in [1.807, 2.05) is 0 Å². The molecule has 0 bridgehead atoms. The van der Waals surface area contributed by atoms with E-state index in [2.05, 4.69) is 37.4 Å². The minimum Gasteiger partial charge on any atom is -0.481 e. The van der Waals surface area contributed by atoms with Crippen molar-refractivity contribution in [2.24, 2.45) is 0 Å². The topological polar surface area (TPSA) is 49.3 Å². The quantitative estimate of drug-likeness (QED) is 0.821. The molecule has 2 rings (SSSR count). The maximum atomic E-state index is 10.8. The molecule has 0 radical (unpaired) electrons. The largest absolute Gasteiger partial charge is 0.481 e. The number of aliphatic carboxylic acids is 1. The van der Waals surface area contributed by atoms with E-state index in [4.69, 9.17) is 5.11 Å². The molecule has 1 aliphatic heterocycles. The summed E-state index contributed by atoms with van der Waals surface area (Å²) in [7, 11) is 0. The van der Waals surface area contributed by atoms with Gasteiger partial charge < -0.3 is 10.4 Å². The van der Waals surface area contributed by atoms with Gasteiger partial charge in [-0.2, -0.15) is 0 Å². The van der Waals surface area contributed by atoms with Crippen LogP contribution < -0.4 is 5.32 Å². The van der Waals surface area contributed by atoms with Crippen LogP contribution in [0.4, 0.5) is 5.69 Å². The van der Waals surface area contributed by atoms with Gasteiger partial charge in [0.1, 0.15) is 0 Å². The Bertz CT molecular complexity index is 412. The molecule has 1 aromatic rings. The average Bonchev–Trinajstić information content (AvgIpc) is 2.60. The van der Waals surface area contributed by atoms with Crippen molar-refractivity contribution in [2.75, 3.05) is 11.9 Å². The zero-order chi connectivity index (χ0) is 11.7. The summed E-state index contributed by atoms with van der Waals surface area (Å²) in [4.78, 5) is 10.8. The van der Waals surface area contributed by atoms with Crippen LogP contribution in [0.2, 0.25) is 0 Å². The summed E-state index contributed by atoms with van der Waals surface area (Å²) in [6.45, 7) is 5.04. The second-order valence-electron chi connectivity index (χ2n) is 4.68. The molecule has 1 heterocycles. The van der Waals surface area contributed by atoms with E-state index in [0.717, 1.165) is 17.8 Å². The van der Waals surface area contributed by atoms with Gasteiger partial charge in [0, 0.05) is 18.2 Å². The van der Waals surface area contributed by atoms with Crippen LogP contribution >= 0.6 is 0 Å². The van der Waals surface area contributed by atoms with Crippen LogP contribution in [-0.2, 0) is 4.79 Å². The molecule has 3 nitrogen and oxygen atoms in total. The monoisotopic (exact) mass is 219 g/mol. The van der Waals surface area contributed by atoms with E-state index in [0.29, 0.717) is 5.92 Å². The number of benzene rings is 1. The predicted octanol–water partition coefficient (Wildman–Crippen LogP) is 2.79. The zero-order valence-corrected chi connectivity index (χ0v) is 9.66. The second-order valence-corrected chi connectivity index (χ2v) is 4.68. The summed E-state index contributed by atoms with van der Waals surface area (Å²) < 4.78 is 0. The smallest absolute Gasteiger partial charge is 0.304 e. The van der Waals surface area contributed by atoms with Crippen molar-refractivity contribution in [1.82, 2.24) is 0 Å². The lowest BCUT2D eigenvalue weighted by Gasteiger charge is -2.10. The van der Waals surface area contributed by atoms with Crippen molar-refractivity contribution in [3.05, 3.63) is 29.3 Å². The number of carboxylic acid groups (broad SMARTS) is 1. The SMILES string of the molecule is CC(C)c1ccc2c(c1)C(CC(=O)O)CN2. The van der Waals surface area contributed by atoms with Gasteiger partial charge in [-0.25, -0.2) is 0 Å². The number of fused-ring (bicyclic) bond motifs is 1. The summed E-state index contributed by atoms with van der Waals surface area (Å²) >= 11 is 0. The highest BCUT2D eigenvalue weighted by Gasteiger charge is 2.24. The van der Waals surface area contributed by atoms with Crippen LogP contribution in [-0.4, -0.2) is 17.6 Å². The number of nitrogens with one attached hydrogen (secondary N) is 1. The standard InChI is InChI=1S/C13H17NO2/c1-8(2)9-3-4-12-11(5-9)10(7-14-12)6-13(15)16/h3-5,8,10,14H,6-7H2,1-2H3,(H,15,16). The third-order valence-corrected chi connectivity index (χ3v) is 3.14. The minimum atomic E-state index is -0.727. The first-order valence-corrected chi connectivity index (χ1v) is 5.67. The lowest BCUT2D eigenvalue weighted by atomic mass is 9.93. The van der Waals surface area contributed by atoms with Gasteiger partial charge in [-0.1, -0.05) is 26.0 Å². The van der Waals surface area contributed by atoms with Gasteiger partial charge in [-0.3, -0.25) is 4.79 Å². The van der Waals surface area contributed by atoms with Crippen LogP contribution in [0, 0.1) is 0 Å². The van der Waals surface area contributed by atoms with E-state index in [1.54, 1.807) is 0 Å². The molecule has 0 aliphatic carbocycles. The molecular formula is C13H17NO2. The van der Waals surface area contributed by atoms with Gasteiger partial charge in [0.2, 0.25) is 0 Å². The normalized spacial score (nSPS) is 18.3. The van der Waals surface area contributed by atoms with E-state index in [-0.39, 0.29) is 12.3 Å². The van der Waals surface area contributed by atoms with E-state index in [9.17, 15) is 4.79 Å². The van der Waals surface area contributed by atoms with Gasteiger partial charge in [-0.05, 0) is 23.1 Å². The molecule has 2 N–H and O–H groups in total. The van der Waals surface area contributed by atoms with Gasteiger partial charge in [-0.15, -0.1) is 0 Å². The highest BCUT2D eigenvalue weighted by molar-refractivity contribution is 5.70. The zero-order valence-electron chi connectivity index (χ0n) is 9.66. The summed E-state index contributed by atoms with van der Waals surface area (Å²) in [6.07, 6.45) is 0.210. The molecule has 3 heteroatoms. The van der Waals surface area contributed by atoms with Crippen LogP contribution in [0.5, 0.6) is 0 Å². The van der Waals surface area contributed by atoms with Gasteiger partial charge >= 0.3 is 5.97 Å². The maximum absolute atomic E-state index is 10.8. The Morgan fingerprint density at radius 2 is 2.31 bits per heavy atom. The molecule has 16 heavy (non-hydrogen) atoms. The molecule has 86 valence electrons. The second kappa shape index (κ2) is 4.16. The first kappa shape index (κ1) is 11.0. The van der Waals surface area contributed by atoms with Crippen molar-refractivity contribution in [3.63, 3.8) is 0 Å². The number of rotatable bonds is 3.